The summed E-state index contributed by atoms with van der Waals surface area (Å²) in [6, 6.07) is 15.1. The van der Waals surface area contributed by atoms with E-state index in [1.807, 2.05) is 66.7 Å². The van der Waals surface area contributed by atoms with Crippen molar-refractivity contribution in [3.63, 3.8) is 0 Å². The maximum absolute atomic E-state index is 14.3. The van der Waals surface area contributed by atoms with Gasteiger partial charge in [-0.15, -0.1) is 10.2 Å². The lowest BCUT2D eigenvalue weighted by molar-refractivity contribution is -0.145. The van der Waals surface area contributed by atoms with Crippen molar-refractivity contribution in [1.29, 1.82) is 0 Å². The second kappa shape index (κ2) is 13.8. The number of fused-ring (bicyclic) bond motifs is 2. The number of tetrazole rings is 1. The van der Waals surface area contributed by atoms with E-state index >= 15 is 0 Å². The van der Waals surface area contributed by atoms with Crippen molar-refractivity contribution in [1.82, 2.24) is 35.7 Å². The highest BCUT2D eigenvalue weighted by Gasteiger charge is 2.61. The van der Waals surface area contributed by atoms with Gasteiger partial charge in [0.25, 0.3) is 0 Å². The Morgan fingerprint density at radius 3 is 2.49 bits per heavy atom. The minimum absolute atomic E-state index is 0.0585. The number of nitrogens with one attached hydrogen (secondary N) is 2. The topological polar surface area (TPSA) is 169 Å². The number of aliphatic carboxylic acids is 1. The third kappa shape index (κ3) is 7.50. The number of hydrogen-bond donors (Lipinski definition) is 3. The van der Waals surface area contributed by atoms with E-state index in [2.05, 4.69) is 20.9 Å². The van der Waals surface area contributed by atoms with Crippen molar-refractivity contribution in [2.24, 2.45) is 5.92 Å². The van der Waals surface area contributed by atoms with E-state index in [4.69, 9.17) is 9.84 Å². The molecule has 5 atom stereocenters. The highest BCUT2D eigenvalue weighted by Crippen LogP contribution is 2.45. The molecule has 1 saturated carbocycles. The van der Waals surface area contributed by atoms with Gasteiger partial charge in [-0.25, -0.2) is 9.59 Å². The summed E-state index contributed by atoms with van der Waals surface area (Å²) in [4.78, 5) is 56.4. The van der Waals surface area contributed by atoms with Gasteiger partial charge in [-0.3, -0.25) is 9.59 Å². The summed E-state index contributed by atoms with van der Waals surface area (Å²) in [5.74, 6) is -2.09. The first-order valence-corrected chi connectivity index (χ1v) is 16.9. The second-order valence-corrected chi connectivity index (χ2v) is 14.1. The maximum Gasteiger partial charge on any atom is 0.408 e. The van der Waals surface area contributed by atoms with Gasteiger partial charge in [0.1, 0.15) is 23.2 Å². The van der Waals surface area contributed by atoms with Crippen molar-refractivity contribution < 1.29 is 29.0 Å². The van der Waals surface area contributed by atoms with Crippen LogP contribution in [0.5, 0.6) is 0 Å². The van der Waals surface area contributed by atoms with Crippen LogP contribution in [0, 0.1) is 5.92 Å². The molecule has 2 aliphatic heterocycles. The average Bonchev–Trinajstić information content (AvgIpc) is 3.37. The van der Waals surface area contributed by atoms with Crippen LogP contribution >= 0.6 is 0 Å². The SMILES string of the molecule is CC(C)(C)OC(=O)N[C@@H]1CCCCCC=C[C@@H]2C[C@]2(C(=O)O)NC(=O)[C@@H]2C[C@H](n3nnc(-c4ccccc4-c4ccccc4)n3)CN2C1=O. The summed E-state index contributed by atoms with van der Waals surface area (Å²) in [5.41, 5.74) is 0.489. The van der Waals surface area contributed by atoms with E-state index in [0.717, 1.165) is 36.0 Å². The van der Waals surface area contributed by atoms with Gasteiger partial charge in [0.15, 0.2) is 0 Å². The zero-order valence-corrected chi connectivity index (χ0v) is 28.0. The molecular formula is C36H43N7O6. The lowest BCUT2D eigenvalue weighted by atomic mass is 9.99. The van der Waals surface area contributed by atoms with Gasteiger partial charge in [0, 0.05) is 24.4 Å². The van der Waals surface area contributed by atoms with Crippen molar-refractivity contribution in [2.45, 2.75) is 95.0 Å². The van der Waals surface area contributed by atoms with Crippen LogP contribution in [0.2, 0.25) is 0 Å². The predicted molar refractivity (Wildman–Crippen MR) is 180 cm³/mol. The molecule has 0 bridgehead atoms. The number of amides is 3. The van der Waals surface area contributed by atoms with Gasteiger partial charge >= 0.3 is 12.1 Å². The average molecular weight is 670 g/mol. The number of hydrogen-bond acceptors (Lipinski definition) is 8. The standard InChI is InChI=1S/C36H43N7O6/c1-35(2,3)49-34(48)37-28-19-11-6-4-5-10-16-24-21-36(24,33(46)47)38-31(44)29-20-25(22-42(29)32(28)45)43-40-30(39-41-43)27-18-13-12-17-26(27)23-14-8-7-9-15-23/h7-10,12-18,24-25,28-29H,4-6,11,19-22H2,1-3H3,(H,37,48)(H,38,44)(H,46,47)/t24-,25+,28-,29+,36+/m1/s1. The maximum atomic E-state index is 14.3. The smallest absolute Gasteiger partial charge is 0.408 e. The van der Waals surface area contributed by atoms with E-state index in [0.29, 0.717) is 18.7 Å². The molecule has 258 valence electrons. The Morgan fingerprint density at radius 2 is 1.76 bits per heavy atom. The molecule has 2 aromatic carbocycles. The lowest BCUT2D eigenvalue weighted by Gasteiger charge is -2.30. The monoisotopic (exact) mass is 669 g/mol. The number of carbonyl (C=O) groups is 4. The summed E-state index contributed by atoms with van der Waals surface area (Å²) in [5, 5.41) is 29.1. The van der Waals surface area contributed by atoms with E-state index in [9.17, 15) is 24.3 Å². The number of ether oxygens (including phenoxy) is 1. The summed E-state index contributed by atoms with van der Waals surface area (Å²) in [6.07, 6.45) is 6.90. The van der Waals surface area contributed by atoms with Crippen LogP contribution in [-0.4, -0.2) is 83.9 Å². The van der Waals surface area contributed by atoms with E-state index < -0.39 is 53.1 Å². The zero-order valence-electron chi connectivity index (χ0n) is 28.0. The molecule has 3 aromatic rings. The molecule has 1 aromatic heterocycles. The summed E-state index contributed by atoms with van der Waals surface area (Å²) >= 11 is 0. The minimum Gasteiger partial charge on any atom is -0.479 e. The molecule has 3 heterocycles. The highest BCUT2D eigenvalue weighted by atomic mass is 16.6. The van der Waals surface area contributed by atoms with Crippen molar-refractivity contribution >= 4 is 23.9 Å². The molecular weight excluding hydrogens is 626 g/mol. The fourth-order valence-corrected chi connectivity index (χ4v) is 6.73. The Bertz CT molecular complexity index is 1730. The number of carboxylic acid groups (broad SMARTS) is 1. The molecule has 2 fully saturated rings. The number of carboxylic acids is 1. The Kier molecular flexibility index (Phi) is 9.53. The molecule has 1 saturated heterocycles. The largest absolute Gasteiger partial charge is 0.479 e. The predicted octanol–water partition coefficient (Wildman–Crippen LogP) is 4.52. The van der Waals surface area contributed by atoms with Crippen LogP contribution in [0.25, 0.3) is 22.5 Å². The molecule has 3 aliphatic rings. The number of allylic oxidation sites excluding steroid dienone is 1. The van der Waals surface area contributed by atoms with Gasteiger partial charge < -0.3 is 25.4 Å². The van der Waals surface area contributed by atoms with E-state index in [1.165, 1.54) is 9.70 Å². The third-order valence-electron chi connectivity index (χ3n) is 9.34. The summed E-state index contributed by atoms with van der Waals surface area (Å²) in [7, 11) is 0. The normalized spacial score (nSPS) is 26.1. The Balaban J connectivity index is 1.31. The van der Waals surface area contributed by atoms with Crippen molar-refractivity contribution in [3.8, 4) is 22.5 Å². The first kappa shape index (κ1) is 33.8. The zero-order chi connectivity index (χ0) is 34.8. The van der Waals surface area contributed by atoms with Gasteiger partial charge in [-0.1, -0.05) is 79.6 Å². The number of carbonyl (C=O) groups excluding carboxylic acids is 3. The number of aromatic nitrogens is 4. The highest BCUT2D eigenvalue weighted by molar-refractivity contribution is 5.96. The Hall–Kier alpha value is -5.07. The molecule has 13 heteroatoms. The first-order valence-electron chi connectivity index (χ1n) is 16.9. The second-order valence-electron chi connectivity index (χ2n) is 14.1. The number of rotatable bonds is 5. The molecule has 1 aliphatic carbocycles. The molecule has 0 radical (unpaired) electrons. The molecule has 3 N–H and O–H groups in total. The molecule has 6 rings (SSSR count). The number of benzene rings is 2. The first-order chi connectivity index (χ1) is 23.4. The summed E-state index contributed by atoms with van der Waals surface area (Å²) in [6.45, 7) is 5.28. The minimum atomic E-state index is -1.44. The third-order valence-corrected chi connectivity index (χ3v) is 9.34. The van der Waals surface area contributed by atoms with Crippen LogP contribution in [0.15, 0.2) is 66.7 Å². The van der Waals surface area contributed by atoms with Gasteiger partial charge in [-0.05, 0) is 62.8 Å². The van der Waals surface area contributed by atoms with E-state index in [-0.39, 0.29) is 25.3 Å². The molecule has 3 amide bonds. The van der Waals surface area contributed by atoms with Gasteiger partial charge in [0.05, 0.1) is 6.04 Å². The van der Waals surface area contributed by atoms with Crippen molar-refractivity contribution in [3.05, 3.63) is 66.7 Å². The Labute approximate surface area is 285 Å². The molecule has 0 spiro atoms. The summed E-state index contributed by atoms with van der Waals surface area (Å²) < 4.78 is 5.48. The number of alkyl carbamates (subject to hydrolysis) is 1. The van der Waals surface area contributed by atoms with Crippen LogP contribution in [0.4, 0.5) is 4.79 Å². The van der Waals surface area contributed by atoms with Crippen molar-refractivity contribution in [2.75, 3.05) is 6.54 Å². The Morgan fingerprint density at radius 1 is 1.02 bits per heavy atom. The van der Waals surface area contributed by atoms with E-state index in [1.54, 1.807) is 20.8 Å². The fourth-order valence-electron chi connectivity index (χ4n) is 6.73. The van der Waals surface area contributed by atoms with Crippen LogP contribution in [0.1, 0.15) is 71.8 Å². The van der Waals surface area contributed by atoms with Gasteiger partial charge in [0.2, 0.25) is 17.6 Å². The van der Waals surface area contributed by atoms with Crippen LogP contribution in [-0.2, 0) is 19.1 Å². The quantitative estimate of drug-likeness (QED) is 0.331. The molecule has 13 nitrogen and oxygen atoms in total. The number of nitrogens with zero attached hydrogens (tertiary/aromatic N) is 5. The van der Waals surface area contributed by atoms with Crippen LogP contribution < -0.4 is 10.6 Å². The fraction of sp³-hybridized carbons (Fsp3) is 0.472. The lowest BCUT2D eigenvalue weighted by Crippen LogP contribution is -2.56. The van der Waals surface area contributed by atoms with Gasteiger partial charge in [-0.2, -0.15) is 4.80 Å². The molecule has 49 heavy (non-hydrogen) atoms. The molecule has 0 unspecified atom stereocenters. The van der Waals surface area contributed by atoms with Crippen LogP contribution in [0.3, 0.4) is 0 Å².